The predicted octanol–water partition coefficient (Wildman–Crippen LogP) is 14.5. The van der Waals surface area contributed by atoms with Crippen molar-refractivity contribution in [3.63, 3.8) is 0 Å². The minimum absolute atomic E-state index is 0.623. The van der Waals surface area contributed by atoms with E-state index >= 15 is 0 Å². The number of benzene rings is 9. The van der Waals surface area contributed by atoms with E-state index in [1.807, 2.05) is 36.4 Å². The van der Waals surface area contributed by atoms with E-state index in [0.29, 0.717) is 5.89 Å². The van der Waals surface area contributed by atoms with Gasteiger partial charge in [-0.1, -0.05) is 133 Å². The van der Waals surface area contributed by atoms with Crippen molar-refractivity contribution in [1.29, 1.82) is 0 Å². The van der Waals surface area contributed by atoms with E-state index < -0.39 is 0 Å². The third-order valence-electron chi connectivity index (χ3n) is 10.7. The number of fused-ring (bicyclic) bond motifs is 8. The number of oxazole rings is 1. The molecule has 0 atom stereocenters. The molecule has 258 valence electrons. The van der Waals surface area contributed by atoms with Crippen LogP contribution in [0.4, 0.5) is 17.1 Å². The topological polar surface area (TPSA) is 42.4 Å². The second-order valence-electron chi connectivity index (χ2n) is 13.9. The number of rotatable bonds is 6. The van der Waals surface area contributed by atoms with Crippen LogP contribution in [0.1, 0.15) is 0 Å². The van der Waals surface area contributed by atoms with Crippen LogP contribution in [0.2, 0.25) is 0 Å². The van der Waals surface area contributed by atoms with Gasteiger partial charge < -0.3 is 13.7 Å². The van der Waals surface area contributed by atoms with E-state index in [9.17, 15) is 0 Å². The molecule has 0 aliphatic heterocycles. The number of anilines is 3. The maximum atomic E-state index is 6.58. The first-order valence-electron chi connectivity index (χ1n) is 18.5. The van der Waals surface area contributed by atoms with Gasteiger partial charge in [-0.2, -0.15) is 0 Å². The van der Waals surface area contributed by atoms with E-state index in [1.165, 1.54) is 0 Å². The summed E-state index contributed by atoms with van der Waals surface area (Å²) < 4.78 is 13.1. The van der Waals surface area contributed by atoms with Crippen molar-refractivity contribution < 1.29 is 8.83 Å². The number of aromatic nitrogens is 1. The molecule has 2 aromatic heterocycles. The first-order chi connectivity index (χ1) is 27.3. The van der Waals surface area contributed by atoms with Crippen LogP contribution in [0, 0.1) is 0 Å². The van der Waals surface area contributed by atoms with Crippen molar-refractivity contribution in [2.24, 2.45) is 0 Å². The molecule has 4 nitrogen and oxygen atoms in total. The molecular weight excluding hydrogens is 673 g/mol. The molecule has 0 bridgehead atoms. The Hall–Kier alpha value is -7.43. The minimum Gasteiger partial charge on any atom is -0.455 e. The fraction of sp³-hybridized carbons (Fsp3) is 0. The molecule has 9 aromatic carbocycles. The first-order valence-corrected chi connectivity index (χ1v) is 18.5. The lowest BCUT2D eigenvalue weighted by Crippen LogP contribution is -2.09. The first kappa shape index (κ1) is 31.1. The molecule has 0 fully saturated rings. The standard InChI is InChI=1S/C51H32N2O2/c1-4-12-33(13-5-1)42-19-10-20-43-48-41(18-11-21-46(48)54-49(42)43)34-24-28-39(29-25-34)53(38-16-8-3-9-17-38)40-30-26-35-22-23-36-27-31-45-50(47(36)44(35)32-40)55-51(52-45)37-14-6-2-7-15-37/h1-32H. The van der Waals surface area contributed by atoms with E-state index in [1.54, 1.807) is 0 Å². The summed E-state index contributed by atoms with van der Waals surface area (Å²) in [6.07, 6.45) is 0. The Labute approximate surface area is 317 Å². The Morgan fingerprint density at radius 1 is 0.382 bits per heavy atom. The fourth-order valence-corrected chi connectivity index (χ4v) is 8.10. The summed E-state index contributed by atoms with van der Waals surface area (Å²) in [6.45, 7) is 0. The van der Waals surface area contributed by atoms with Gasteiger partial charge in [0, 0.05) is 44.3 Å². The zero-order chi connectivity index (χ0) is 36.3. The van der Waals surface area contributed by atoms with Crippen LogP contribution in [0.25, 0.3) is 88.3 Å². The van der Waals surface area contributed by atoms with Crippen LogP contribution in [0.3, 0.4) is 0 Å². The zero-order valence-electron chi connectivity index (χ0n) is 29.7. The summed E-state index contributed by atoms with van der Waals surface area (Å²) in [7, 11) is 0. The van der Waals surface area contributed by atoms with Gasteiger partial charge in [-0.05, 0) is 93.5 Å². The molecule has 0 aliphatic rings. The van der Waals surface area contributed by atoms with Crippen molar-refractivity contribution in [2.75, 3.05) is 4.90 Å². The van der Waals surface area contributed by atoms with E-state index in [-0.39, 0.29) is 0 Å². The van der Waals surface area contributed by atoms with Gasteiger partial charge in [-0.15, -0.1) is 0 Å². The molecule has 0 aliphatic carbocycles. The lowest BCUT2D eigenvalue weighted by molar-refractivity contribution is 0.623. The molecular formula is C51H32N2O2. The number of hydrogen-bond donors (Lipinski definition) is 0. The highest BCUT2D eigenvalue weighted by Gasteiger charge is 2.19. The summed E-state index contributed by atoms with van der Waals surface area (Å²) in [5.74, 6) is 0.623. The van der Waals surface area contributed by atoms with Gasteiger partial charge in [0.15, 0.2) is 5.58 Å². The average Bonchev–Trinajstić information content (AvgIpc) is 3.87. The zero-order valence-corrected chi connectivity index (χ0v) is 29.7. The van der Waals surface area contributed by atoms with E-state index in [4.69, 9.17) is 13.8 Å². The minimum atomic E-state index is 0.623. The molecule has 0 unspecified atom stereocenters. The van der Waals surface area contributed by atoms with Crippen LogP contribution < -0.4 is 4.90 Å². The summed E-state index contributed by atoms with van der Waals surface area (Å²) in [6, 6.07) is 68.0. The number of para-hydroxylation sites is 2. The molecule has 11 aromatic rings. The van der Waals surface area contributed by atoms with Crippen LogP contribution in [-0.4, -0.2) is 4.98 Å². The predicted molar refractivity (Wildman–Crippen MR) is 227 cm³/mol. The SMILES string of the molecule is c1ccc(-c2nc3ccc4ccc5ccc(N(c6ccccc6)c6ccc(-c7cccc8oc9c(-c%10ccccc%10)cccc9c78)cc6)cc5c4c3o2)cc1. The smallest absolute Gasteiger partial charge is 0.227 e. The quantitative estimate of drug-likeness (QED) is 0.162. The molecule has 0 saturated heterocycles. The molecule has 0 amide bonds. The van der Waals surface area contributed by atoms with Gasteiger partial charge in [0.05, 0.1) is 0 Å². The molecule has 2 heterocycles. The molecule has 4 heteroatoms. The third kappa shape index (κ3) is 5.19. The Kier molecular flexibility index (Phi) is 7.14. The highest BCUT2D eigenvalue weighted by atomic mass is 16.3. The Morgan fingerprint density at radius 3 is 1.80 bits per heavy atom. The second kappa shape index (κ2) is 12.6. The summed E-state index contributed by atoms with van der Waals surface area (Å²) in [4.78, 5) is 7.21. The highest BCUT2D eigenvalue weighted by Crippen LogP contribution is 2.43. The fourth-order valence-electron chi connectivity index (χ4n) is 8.10. The average molecular weight is 705 g/mol. The Balaban J connectivity index is 1.05. The number of furan rings is 1. The molecule has 0 saturated carbocycles. The van der Waals surface area contributed by atoms with Crippen molar-refractivity contribution in [3.05, 3.63) is 194 Å². The lowest BCUT2D eigenvalue weighted by Gasteiger charge is -2.26. The van der Waals surface area contributed by atoms with Gasteiger partial charge in [0.1, 0.15) is 16.7 Å². The van der Waals surface area contributed by atoms with Gasteiger partial charge in [0.25, 0.3) is 0 Å². The van der Waals surface area contributed by atoms with E-state index in [0.717, 1.165) is 99.5 Å². The summed E-state index contributed by atoms with van der Waals surface area (Å²) >= 11 is 0. The lowest BCUT2D eigenvalue weighted by atomic mass is 9.97. The van der Waals surface area contributed by atoms with Crippen LogP contribution >= 0.6 is 0 Å². The molecule has 0 N–H and O–H groups in total. The number of nitrogens with zero attached hydrogens (tertiary/aromatic N) is 2. The maximum Gasteiger partial charge on any atom is 0.227 e. The molecule has 11 rings (SSSR count). The van der Waals surface area contributed by atoms with Crippen molar-refractivity contribution in [3.8, 4) is 33.7 Å². The molecule has 0 spiro atoms. The Morgan fingerprint density at radius 2 is 1.00 bits per heavy atom. The van der Waals surface area contributed by atoms with Crippen LogP contribution in [0.5, 0.6) is 0 Å². The van der Waals surface area contributed by atoms with Crippen molar-refractivity contribution >= 4 is 71.6 Å². The largest absolute Gasteiger partial charge is 0.455 e. The van der Waals surface area contributed by atoms with Gasteiger partial charge in [-0.25, -0.2) is 4.98 Å². The van der Waals surface area contributed by atoms with Crippen molar-refractivity contribution in [2.45, 2.75) is 0 Å². The second-order valence-corrected chi connectivity index (χ2v) is 13.9. The van der Waals surface area contributed by atoms with Crippen LogP contribution in [0.15, 0.2) is 203 Å². The summed E-state index contributed by atoms with van der Waals surface area (Å²) in [5, 5.41) is 6.66. The third-order valence-corrected chi connectivity index (χ3v) is 10.7. The summed E-state index contributed by atoms with van der Waals surface area (Å²) in [5.41, 5.74) is 12.1. The Bertz CT molecular complexity index is 3180. The number of hydrogen-bond acceptors (Lipinski definition) is 4. The monoisotopic (exact) mass is 704 g/mol. The normalized spacial score (nSPS) is 11.6. The van der Waals surface area contributed by atoms with Crippen LogP contribution in [-0.2, 0) is 0 Å². The van der Waals surface area contributed by atoms with E-state index in [2.05, 4.69) is 163 Å². The molecule has 55 heavy (non-hydrogen) atoms. The van der Waals surface area contributed by atoms with Gasteiger partial charge in [-0.3, -0.25) is 0 Å². The highest BCUT2D eigenvalue weighted by molar-refractivity contribution is 6.19. The van der Waals surface area contributed by atoms with Gasteiger partial charge >= 0.3 is 0 Å². The molecule has 0 radical (unpaired) electrons. The maximum absolute atomic E-state index is 6.58. The van der Waals surface area contributed by atoms with Crippen molar-refractivity contribution in [1.82, 2.24) is 4.98 Å². The van der Waals surface area contributed by atoms with Gasteiger partial charge in [0.2, 0.25) is 5.89 Å².